The van der Waals surface area contributed by atoms with Crippen LogP contribution in [0.15, 0.2) is 0 Å². The molecule has 1 fully saturated rings. The van der Waals surface area contributed by atoms with Crippen LogP contribution in [0.4, 0.5) is 0 Å². The van der Waals surface area contributed by atoms with Gasteiger partial charge in [-0.15, -0.1) is 0 Å². The smallest absolute Gasteiger partial charge is 0.00949 e. The van der Waals surface area contributed by atoms with Crippen LogP contribution in [0.1, 0.15) is 47.0 Å². The van der Waals surface area contributed by atoms with E-state index in [1.54, 1.807) is 0 Å². The molecule has 90 valence electrons. The summed E-state index contributed by atoms with van der Waals surface area (Å²) < 4.78 is 0. The second-order valence-electron chi connectivity index (χ2n) is 5.49. The summed E-state index contributed by atoms with van der Waals surface area (Å²) in [4.78, 5) is 2.56. The summed E-state index contributed by atoms with van der Waals surface area (Å²) in [7, 11) is 2.28. The van der Waals surface area contributed by atoms with Gasteiger partial charge in [-0.05, 0) is 52.6 Å². The van der Waals surface area contributed by atoms with E-state index in [-0.39, 0.29) is 0 Å². The predicted molar refractivity (Wildman–Crippen MR) is 67.2 cm³/mol. The van der Waals surface area contributed by atoms with E-state index in [1.165, 1.54) is 19.3 Å². The molecule has 0 aromatic rings. The topological polar surface area (TPSA) is 15.3 Å². The molecule has 1 N–H and O–H groups in total. The molecule has 0 aromatic carbocycles. The van der Waals surface area contributed by atoms with Gasteiger partial charge in [0.1, 0.15) is 0 Å². The quantitative estimate of drug-likeness (QED) is 0.697. The maximum atomic E-state index is 3.49. The predicted octanol–water partition coefficient (Wildman–Crippen LogP) is 2.49. The van der Waals surface area contributed by atoms with Gasteiger partial charge in [0.15, 0.2) is 0 Å². The Hall–Kier alpha value is -0.0800. The summed E-state index contributed by atoms with van der Waals surface area (Å²) >= 11 is 0. The number of rotatable bonds is 7. The van der Waals surface area contributed by atoms with Gasteiger partial charge in [0.25, 0.3) is 0 Å². The molecule has 0 saturated heterocycles. The van der Waals surface area contributed by atoms with Gasteiger partial charge in [0.2, 0.25) is 0 Å². The van der Waals surface area contributed by atoms with Gasteiger partial charge in [-0.3, -0.25) is 0 Å². The van der Waals surface area contributed by atoms with Crippen molar-refractivity contribution in [2.75, 3.05) is 13.6 Å². The normalized spacial score (nSPS) is 21.0. The number of nitrogens with zero attached hydrogens (tertiary/aromatic N) is 1. The zero-order valence-corrected chi connectivity index (χ0v) is 11.1. The Labute approximate surface area is 95.4 Å². The first-order valence-corrected chi connectivity index (χ1v) is 6.47. The first kappa shape index (κ1) is 13.0. The van der Waals surface area contributed by atoms with Crippen molar-refractivity contribution < 1.29 is 0 Å². The molecule has 0 aromatic heterocycles. The summed E-state index contributed by atoms with van der Waals surface area (Å²) in [6, 6.07) is 2.09. The van der Waals surface area contributed by atoms with Crippen molar-refractivity contribution in [2.45, 2.75) is 65.1 Å². The van der Waals surface area contributed by atoms with E-state index in [4.69, 9.17) is 0 Å². The van der Waals surface area contributed by atoms with Gasteiger partial charge >= 0.3 is 0 Å². The number of nitrogens with one attached hydrogen (secondary N) is 1. The van der Waals surface area contributed by atoms with Crippen LogP contribution in [-0.2, 0) is 0 Å². The van der Waals surface area contributed by atoms with Gasteiger partial charge in [0, 0.05) is 18.1 Å². The first-order valence-electron chi connectivity index (χ1n) is 6.47. The maximum absolute atomic E-state index is 3.49. The molecule has 0 radical (unpaired) electrons. The Morgan fingerprint density at radius 3 is 2.27 bits per heavy atom. The molecule has 2 nitrogen and oxygen atoms in total. The molecule has 15 heavy (non-hydrogen) atoms. The van der Waals surface area contributed by atoms with E-state index < -0.39 is 0 Å². The van der Waals surface area contributed by atoms with Crippen LogP contribution in [0, 0.1) is 5.92 Å². The molecule has 1 aliphatic rings. The van der Waals surface area contributed by atoms with Gasteiger partial charge in [-0.2, -0.15) is 0 Å². The largest absolute Gasteiger partial charge is 0.314 e. The SMILES string of the molecule is CC(C)NCCC(C)N(C)C(C)C1CC1. The van der Waals surface area contributed by atoms with Crippen LogP contribution in [0.2, 0.25) is 0 Å². The van der Waals surface area contributed by atoms with Gasteiger partial charge in [-0.25, -0.2) is 0 Å². The van der Waals surface area contributed by atoms with Gasteiger partial charge < -0.3 is 10.2 Å². The molecule has 0 heterocycles. The van der Waals surface area contributed by atoms with Crippen molar-refractivity contribution in [3.05, 3.63) is 0 Å². The third kappa shape index (κ3) is 4.52. The minimum absolute atomic E-state index is 0.614. The first-order chi connectivity index (χ1) is 7.02. The molecule has 1 rings (SSSR count). The Morgan fingerprint density at radius 1 is 1.20 bits per heavy atom. The van der Waals surface area contributed by atoms with E-state index in [1.807, 2.05) is 0 Å². The average Bonchev–Trinajstić information content (AvgIpc) is 2.98. The second kappa shape index (κ2) is 5.86. The molecule has 0 spiro atoms. The molecule has 0 aliphatic heterocycles. The van der Waals surface area contributed by atoms with Gasteiger partial charge in [0.05, 0.1) is 0 Å². The number of hydrogen-bond acceptors (Lipinski definition) is 2. The molecule has 1 aliphatic carbocycles. The fourth-order valence-electron chi connectivity index (χ4n) is 2.10. The molecule has 1 saturated carbocycles. The molecule has 2 unspecified atom stereocenters. The Balaban J connectivity index is 2.16. The van der Waals surface area contributed by atoms with E-state index in [0.29, 0.717) is 12.1 Å². The third-order valence-corrected chi connectivity index (χ3v) is 3.76. The Bertz CT molecular complexity index is 175. The van der Waals surface area contributed by atoms with Crippen LogP contribution in [-0.4, -0.2) is 36.6 Å². The van der Waals surface area contributed by atoms with E-state index in [9.17, 15) is 0 Å². The highest BCUT2D eigenvalue weighted by molar-refractivity contribution is 4.85. The van der Waals surface area contributed by atoms with Gasteiger partial charge in [-0.1, -0.05) is 13.8 Å². The van der Waals surface area contributed by atoms with Crippen LogP contribution >= 0.6 is 0 Å². The maximum Gasteiger partial charge on any atom is 0.00949 e. The highest BCUT2D eigenvalue weighted by Crippen LogP contribution is 2.35. The fourth-order valence-corrected chi connectivity index (χ4v) is 2.10. The van der Waals surface area contributed by atoms with E-state index >= 15 is 0 Å². The highest BCUT2D eigenvalue weighted by Gasteiger charge is 2.31. The van der Waals surface area contributed by atoms with Crippen LogP contribution in [0.5, 0.6) is 0 Å². The van der Waals surface area contributed by atoms with Crippen molar-refractivity contribution in [1.82, 2.24) is 10.2 Å². The molecule has 2 atom stereocenters. The van der Waals surface area contributed by atoms with Crippen molar-refractivity contribution >= 4 is 0 Å². The van der Waals surface area contributed by atoms with Crippen LogP contribution in [0.25, 0.3) is 0 Å². The van der Waals surface area contributed by atoms with Crippen LogP contribution in [0.3, 0.4) is 0 Å². The molecule has 2 heteroatoms. The van der Waals surface area contributed by atoms with Crippen molar-refractivity contribution in [1.29, 1.82) is 0 Å². The van der Waals surface area contributed by atoms with E-state index in [2.05, 4.69) is 45.0 Å². The summed E-state index contributed by atoms with van der Waals surface area (Å²) in [5.41, 5.74) is 0. The molecular weight excluding hydrogens is 184 g/mol. The Morgan fingerprint density at radius 2 is 1.80 bits per heavy atom. The zero-order valence-electron chi connectivity index (χ0n) is 11.1. The van der Waals surface area contributed by atoms with Crippen molar-refractivity contribution in [2.24, 2.45) is 5.92 Å². The second-order valence-corrected chi connectivity index (χ2v) is 5.49. The number of hydrogen-bond donors (Lipinski definition) is 1. The summed E-state index contributed by atoms with van der Waals surface area (Å²) in [6.45, 7) is 10.3. The summed E-state index contributed by atoms with van der Waals surface area (Å²) in [5, 5.41) is 3.49. The summed E-state index contributed by atoms with van der Waals surface area (Å²) in [6.07, 6.45) is 4.15. The lowest BCUT2D eigenvalue weighted by Crippen LogP contribution is -2.40. The van der Waals surface area contributed by atoms with Crippen molar-refractivity contribution in [3.63, 3.8) is 0 Å². The Kier molecular flexibility index (Phi) is 5.07. The fraction of sp³-hybridized carbons (Fsp3) is 1.00. The summed E-state index contributed by atoms with van der Waals surface area (Å²) in [5.74, 6) is 0.982. The lowest BCUT2D eigenvalue weighted by molar-refractivity contribution is 0.169. The lowest BCUT2D eigenvalue weighted by Gasteiger charge is -2.31. The minimum Gasteiger partial charge on any atom is -0.314 e. The van der Waals surface area contributed by atoms with E-state index in [0.717, 1.165) is 18.5 Å². The molecular formula is C13H28N2. The van der Waals surface area contributed by atoms with Crippen LogP contribution < -0.4 is 5.32 Å². The lowest BCUT2D eigenvalue weighted by atomic mass is 10.1. The van der Waals surface area contributed by atoms with Crippen molar-refractivity contribution in [3.8, 4) is 0 Å². The third-order valence-electron chi connectivity index (χ3n) is 3.76. The minimum atomic E-state index is 0.614. The average molecular weight is 212 g/mol. The highest BCUT2D eigenvalue weighted by atomic mass is 15.2. The molecule has 0 bridgehead atoms. The monoisotopic (exact) mass is 212 g/mol. The zero-order chi connectivity index (χ0) is 11.4. The molecule has 0 amide bonds. The standard InChI is InChI=1S/C13H28N2/c1-10(2)14-9-8-11(3)15(5)12(4)13-6-7-13/h10-14H,6-9H2,1-5H3.